The van der Waals surface area contributed by atoms with Crippen molar-refractivity contribution in [3.05, 3.63) is 0 Å². The van der Waals surface area contributed by atoms with Crippen LogP contribution in [-0.4, -0.2) is 59.6 Å². The summed E-state index contributed by atoms with van der Waals surface area (Å²) in [7, 11) is 0. The molecule has 0 bridgehead atoms. The quantitative estimate of drug-likeness (QED) is 0.544. The molecule has 0 N–H and O–H groups in total. The molecule has 8 nitrogen and oxygen atoms in total. The van der Waals surface area contributed by atoms with Crippen molar-refractivity contribution in [1.82, 2.24) is 4.90 Å². The second-order valence-electron chi connectivity index (χ2n) is 6.17. The highest BCUT2D eigenvalue weighted by atomic mass is 16.6. The average Bonchev–Trinajstić information content (AvgIpc) is 2.46. The minimum atomic E-state index is -0.857. The smallest absolute Gasteiger partial charge is 0.303 e. The third kappa shape index (κ3) is 4.24. The molecule has 2 rings (SSSR count). The van der Waals surface area contributed by atoms with Crippen molar-refractivity contribution in [3.8, 4) is 0 Å². The van der Waals surface area contributed by atoms with Crippen molar-refractivity contribution < 1.29 is 33.4 Å². The normalized spacial score (nSPS) is 29.5. The Morgan fingerprint density at radius 3 is 2.33 bits per heavy atom. The van der Waals surface area contributed by atoms with Crippen LogP contribution >= 0.6 is 0 Å². The molecular weight excluding hydrogens is 318 g/mol. The van der Waals surface area contributed by atoms with E-state index in [-0.39, 0.29) is 18.6 Å². The van der Waals surface area contributed by atoms with Gasteiger partial charge in [0.05, 0.1) is 0 Å². The zero-order valence-electron chi connectivity index (χ0n) is 14.1. The van der Waals surface area contributed by atoms with Gasteiger partial charge in [0.15, 0.2) is 6.10 Å². The lowest BCUT2D eigenvalue weighted by Crippen LogP contribution is -2.65. The van der Waals surface area contributed by atoms with E-state index >= 15 is 0 Å². The number of rotatable bonds is 4. The van der Waals surface area contributed by atoms with Gasteiger partial charge < -0.3 is 19.1 Å². The van der Waals surface area contributed by atoms with Crippen LogP contribution in [0.1, 0.15) is 46.5 Å². The van der Waals surface area contributed by atoms with Crippen LogP contribution in [0.2, 0.25) is 0 Å². The molecule has 8 heteroatoms. The zero-order valence-corrected chi connectivity index (χ0v) is 14.1. The molecule has 2 heterocycles. The summed E-state index contributed by atoms with van der Waals surface area (Å²) in [6, 6.07) is -0.781. The average molecular weight is 341 g/mol. The first-order chi connectivity index (χ1) is 11.3. The van der Waals surface area contributed by atoms with E-state index in [1.165, 1.54) is 20.8 Å². The molecule has 0 aliphatic carbocycles. The number of esters is 3. The maximum Gasteiger partial charge on any atom is 0.303 e. The van der Waals surface area contributed by atoms with Crippen molar-refractivity contribution in [1.29, 1.82) is 0 Å². The highest BCUT2D eigenvalue weighted by Crippen LogP contribution is 2.34. The van der Waals surface area contributed by atoms with E-state index in [0.29, 0.717) is 12.8 Å². The van der Waals surface area contributed by atoms with Gasteiger partial charge in [0.1, 0.15) is 18.8 Å². The molecule has 4 atom stereocenters. The predicted molar refractivity (Wildman–Crippen MR) is 80.6 cm³/mol. The Balaban J connectivity index is 2.31. The van der Waals surface area contributed by atoms with Crippen molar-refractivity contribution in [2.24, 2.45) is 0 Å². The zero-order chi connectivity index (χ0) is 17.9. The van der Waals surface area contributed by atoms with Crippen molar-refractivity contribution in [3.63, 3.8) is 0 Å². The second kappa shape index (κ2) is 7.63. The Morgan fingerprint density at radius 1 is 1.08 bits per heavy atom. The molecule has 0 spiro atoms. The maximum absolute atomic E-state index is 12.4. The van der Waals surface area contributed by atoms with Crippen molar-refractivity contribution in [2.45, 2.75) is 70.7 Å². The van der Waals surface area contributed by atoms with Crippen molar-refractivity contribution >= 4 is 23.8 Å². The summed E-state index contributed by atoms with van der Waals surface area (Å²) >= 11 is 0. The minimum Gasteiger partial charge on any atom is -0.464 e. The molecule has 0 aromatic rings. The van der Waals surface area contributed by atoms with E-state index in [2.05, 4.69) is 0 Å². The Morgan fingerprint density at radius 2 is 1.75 bits per heavy atom. The van der Waals surface area contributed by atoms with E-state index in [9.17, 15) is 19.2 Å². The van der Waals surface area contributed by atoms with Crippen LogP contribution in [0.5, 0.6) is 0 Å². The van der Waals surface area contributed by atoms with Crippen LogP contribution in [0.3, 0.4) is 0 Å². The molecule has 24 heavy (non-hydrogen) atoms. The van der Waals surface area contributed by atoms with Crippen molar-refractivity contribution in [2.75, 3.05) is 6.61 Å². The number of ether oxygens (including phenoxy) is 3. The standard InChI is InChI=1S/C16H23NO7/c1-9(18)22-8-13-16(24-11(3)20)14(23-10(2)19)7-12-5-4-6-15(21)17(12)13/h12-14,16H,4-8H2,1-3H3/t12-,13+,14-,16+/m1/s1. The van der Waals surface area contributed by atoms with Crippen LogP contribution < -0.4 is 0 Å². The number of piperidine rings is 2. The van der Waals surface area contributed by atoms with Gasteiger partial charge in [-0.05, 0) is 12.8 Å². The van der Waals surface area contributed by atoms with Gasteiger partial charge in [-0.2, -0.15) is 0 Å². The maximum atomic E-state index is 12.4. The Hall–Kier alpha value is -2.12. The first-order valence-corrected chi connectivity index (χ1v) is 8.08. The van der Waals surface area contributed by atoms with E-state index < -0.39 is 36.2 Å². The highest BCUT2D eigenvalue weighted by Gasteiger charge is 2.49. The van der Waals surface area contributed by atoms with Gasteiger partial charge in [-0.15, -0.1) is 0 Å². The number of nitrogens with zero attached hydrogens (tertiary/aromatic N) is 1. The molecule has 0 aromatic heterocycles. The van der Waals surface area contributed by atoms with Gasteiger partial charge in [0.2, 0.25) is 5.91 Å². The number of hydrogen-bond donors (Lipinski definition) is 0. The largest absolute Gasteiger partial charge is 0.464 e. The van der Waals surface area contributed by atoms with Crippen LogP contribution in [0.25, 0.3) is 0 Å². The molecule has 0 aromatic carbocycles. The molecule has 2 fully saturated rings. The molecular formula is C16H23NO7. The summed E-state index contributed by atoms with van der Waals surface area (Å²) in [5.74, 6) is -1.60. The van der Waals surface area contributed by atoms with Crippen LogP contribution in [0.4, 0.5) is 0 Å². The molecule has 0 unspecified atom stereocenters. The molecule has 0 saturated carbocycles. The first-order valence-electron chi connectivity index (χ1n) is 8.08. The second-order valence-corrected chi connectivity index (χ2v) is 6.17. The molecule has 2 aliphatic rings. The Kier molecular flexibility index (Phi) is 5.80. The number of carbonyl (C=O) groups excluding carboxylic acids is 4. The van der Waals surface area contributed by atoms with E-state index in [1.54, 1.807) is 4.90 Å². The fourth-order valence-corrected chi connectivity index (χ4v) is 3.51. The SMILES string of the molecule is CC(=O)OC[C@H]1[C@H](OC(C)=O)[C@H](OC(C)=O)C[C@H]2CCCC(=O)N21. The number of amides is 1. The number of fused-ring (bicyclic) bond motifs is 1. The lowest BCUT2D eigenvalue weighted by Gasteiger charge is -2.50. The van der Waals surface area contributed by atoms with Gasteiger partial charge >= 0.3 is 17.9 Å². The number of hydrogen-bond acceptors (Lipinski definition) is 7. The minimum absolute atomic E-state index is 0.0678. The summed E-state index contributed by atoms with van der Waals surface area (Å²) in [5, 5.41) is 0. The highest BCUT2D eigenvalue weighted by molar-refractivity contribution is 5.78. The van der Waals surface area contributed by atoms with E-state index in [0.717, 1.165) is 12.8 Å². The Labute approximate surface area is 140 Å². The van der Waals surface area contributed by atoms with Gasteiger partial charge in [-0.1, -0.05) is 0 Å². The lowest BCUT2D eigenvalue weighted by atomic mass is 9.85. The van der Waals surface area contributed by atoms with Gasteiger partial charge in [0.25, 0.3) is 0 Å². The van der Waals surface area contributed by atoms with E-state index in [4.69, 9.17) is 14.2 Å². The molecule has 0 radical (unpaired) electrons. The molecule has 2 saturated heterocycles. The fraction of sp³-hybridized carbons (Fsp3) is 0.750. The summed E-state index contributed by atoms with van der Waals surface area (Å²) in [4.78, 5) is 48.1. The summed E-state index contributed by atoms with van der Waals surface area (Å²) in [6.07, 6.45) is 0.805. The predicted octanol–water partition coefficient (Wildman–Crippen LogP) is 0.566. The number of carbonyl (C=O) groups is 4. The Bertz CT molecular complexity index is 533. The van der Waals surface area contributed by atoms with Crippen LogP contribution in [-0.2, 0) is 33.4 Å². The molecule has 1 amide bonds. The third-order valence-electron chi connectivity index (χ3n) is 4.29. The fourth-order valence-electron chi connectivity index (χ4n) is 3.51. The van der Waals surface area contributed by atoms with Gasteiger partial charge in [-0.25, -0.2) is 0 Å². The van der Waals surface area contributed by atoms with Gasteiger partial charge in [-0.3, -0.25) is 19.2 Å². The van der Waals surface area contributed by atoms with E-state index in [1.807, 2.05) is 0 Å². The van der Waals surface area contributed by atoms with Crippen LogP contribution in [0.15, 0.2) is 0 Å². The first kappa shape index (κ1) is 18.2. The van der Waals surface area contributed by atoms with Gasteiger partial charge in [0, 0.05) is 39.7 Å². The summed E-state index contributed by atoms with van der Waals surface area (Å²) in [5.41, 5.74) is 0. The monoisotopic (exact) mass is 341 g/mol. The topological polar surface area (TPSA) is 99.2 Å². The molecule has 134 valence electrons. The van der Waals surface area contributed by atoms with Crippen LogP contribution in [0, 0.1) is 0 Å². The lowest BCUT2D eigenvalue weighted by molar-refractivity contribution is -0.193. The molecule has 2 aliphatic heterocycles. The summed E-state index contributed by atoms with van der Waals surface area (Å²) in [6.45, 7) is 3.69. The third-order valence-corrected chi connectivity index (χ3v) is 4.29. The summed E-state index contributed by atoms with van der Waals surface area (Å²) < 4.78 is 15.8.